The van der Waals surface area contributed by atoms with E-state index in [9.17, 15) is 13.2 Å². The van der Waals surface area contributed by atoms with Crippen LogP contribution in [0.15, 0.2) is 17.0 Å². The SMILES string of the molecule is COCC(C)NC(=O)c1cc(S(N)(=O)=O)cc(C)c1C. The van der Waals surface area contributed by atoms with Crippen molar-refractivity contribution in [1.82, 2.24) is 5.32 Å². The Hall–Kier alpha value is -1.44. The van der Waals surface area contributed by atoms with Gasteiger partial charge in [-0.2, -0.15) is 0 Å². The number of rotatable bonds is 5. The highest BCUT2D eigenvalue weighted by Gasteiger charge is 2.18. The first-order valence-electron chi connectivity index (χ1n) is 6.10. The lowest BCUT2D eigenvalue weighted by molar-refractivity contribution is 0.0904. The van der Waals surface area contributed by atoms with Gasteiger partial charge in [0.05, 0.1) is 11.5 Å². The summed E-state index contributed by atoms with van der Waals surface area (Å²) in [6.07, 6.45) is 0. The highest BCUT2D eigenvalue weighted by atomic mass is 32.2. The van der Waals surface area contributed by atoms with Crippen molar-refractivity contribution in [3.63, 3.8) is 0 Å². The molecule has 0 bridgehead atoms. The number of carbonyl (C=O) groups excluding carboxylic acids is 1. The Kier molecular flexibility index (Phi) is 5.27. The third-order valence-corrected chi connectivity index (χ3v) is 3.90. The Balaban J connectivity index is 3.17. The smallest absolute Gasteiger partial charge is 0.251 e. The minimum Gasteiger partial charge on any atom is -0.383 e. The molecule has 1 aromatic rings. The standard InChI is InChI=1S/C13H20N2O4S/c1-8-5-11(20(14,17)18)6-12(10(8)3)13(16)15-9(2)7-19-4/h5-6,9H,7H2,1-4H3,(H,15,16)(H2,14,17,18). The summed E-state index contributed by atoms with van der Waals surface area (Å²) in [6.45, 7) is 5.67. The van der Waals surface area contributed by atoms with E-state index in [1.54, 1.807) is 27.9 Å². The Morgan fingerprint density at radius 3 is 2.50 bits per heavy atom. The van der Waals surface area contributed by atoms with Crippen LogP contribution in [0.2, 0.25) is 0 Å². The zero-order valence-corrected chi connectivity index (χ0v) is 12.9. The van der Waals surface area contributed by atoms with Crippen LogP contribution in [0.1, 0.15) is 28.4 Å². The fourth-order valence-corrected chi connectivity index (χ4v) is 2.44. The molecule has 112 valence electrons. The summed E-state index contributed by atoms with van der Waals surface area (Å²) >= 11 is 0. The molecule has 0 saturated carbocycles. The van der Waals surface area contributed by atoms with Crippen molar-refractivity contribution in [2.24, 2.45) is 5.14 Å². The van der Waals surface area contributed by atoms with Crippen LogP contribution in [-0.4, -0.2) is 34.1 Å². The van der Waals surface area contributed by atoms with E-state index in [0.29, 0.717) is 17.7 Å². The third kappa shape index (κ3) is 4.03. The van der Waals surface area contributed by atoms with Gasteiger partial charge in [0.15, 0.2) is 0 Å². The number of ether oxygens (including phenoxy) is 1. The van der Waals surface area contributed by atoms with Gasteiger partial charge in [0.1, 0.15) is 0 Å². The summed E-state index contributed by atoms with van der Waals surface area (Å²) < 4.78 is 27.8. The topological polar surface area (TPSA) is 98.5 Å². The van der Waals surface area contributed by atoms with Crippen LogP contribution in [0, 0.1) is 13.8 Å². The van der Waals surface area contributed by atoms with E-state index in [2.05, 4.69) is 5.32 Å². The molecule has 1 aromatic carbocycles. The fraction of sp³-hybridized carbons (Fsp3) is 0.462. The van der Waals surface area contributed by atoms with Gasteiger partial charge in [-0.05, 0) is 44.0 Å². The average molecular weight is 300 g/mol. The van der Waals surface area contributed by atoms with E-state index < -0.39 is 10.0 Å². The molecule has 1 unspecified atom stereocenters. The number of primary sulfonamides is 1. The van der Waals surface area contributed by atoms with Crippen LogP contribution < -0.4 is 10.5 Å². The summed E-state index contributed by atoms with van der Waals surface area (Å²) in [5.41, 5.74) is 1.72. The van der Waals surface area contributed by atoms with E-state index >= 15 is 0 Å². The van der Waals surface area contributed by atoms with Gasteiger partial charge in [0, 0.05) is 18.7 Å². The number of hydrogen-bond donors (Lipinski definition) is 2. The average Bonchev–Trinajstić information content (AvgIpc) is 2.31. The van der Waals surface area contributed by atoms with Crippen molar-refractivity contribution in [3.05, 3.63) is 28.8 Å². The number of carbonyl (C=O) groups is 1. The highest BCUT2D eigenvalue weighted by Crippen LogP contribution is 2.19. The van der Waals surface area contributed by atoms with E-state index in [-0.39, 0.29) is 16.8 Å². The number of nitrogens with one attached hydrogen (secondary N) is 1. The second kappa shape index (κ2) is 6.34. The first kappa shape index (κ1) is 16.6. The van der Waals surface area contributed by atoms with Gasteiger partial charge < -0.3 is 10.1 Å². The number of methoxy groups -OCH3 is 1. The summed E-state index contributed by atoms with van der Waals surface area (Å²) in [5.74, 6) is -0.347. The molecule has 0 saturated heterocycles. The minimum atomic E-state index is -3.84. The first-order chi connectivity index (χ1) is 9.16. The van der Waals surface area contributed by atoms with Crippen molar-refractivity contribution in [1.29, 1.82) is 0 Å². The van der Waals surface area contributed by atoms with Gasteiger partial charge in [-0.15, -0.1) is 0 Å². The molecule has 1 atom stereocenters. The van der Waals surface area contributed by atoms with Gasteiger partial charge in [-0.25, -0.2) is 13.6 Å². The monoisotopic (exact) mass is 300 g/mol. The lowest BCUT2D eigenvalue weighted by Crippen LogP contribution is -2.36. The number of sulfonamides is 1. The van der Waals surface area contributed by atoms with Crippen molar-refractivity contribution < 1.29 is 17.9 Å². The number of amides is 1. The molecule has 0 aromatic heterocycles. The quantitative estimate of drug-likeness (QED) is 0.837. The van der Waals surface area contributed by atoms with Gasteiger partial charge >= 0.3 is 0 Å². The van der Waals surface area contributed by atoms with Gasteiger partial charge in [0.2, 0.25) is 10.0 Å². The van der Waals surface area contributed by atoms with Gasteiger partial charge in [-0.3, -0.25) is 4.79 Å². The second-order valence-electron chi connectivity index (χ2n) is 4.79. The summed E-state index contributed by atoms with van der Waals surface area (Å²) in [6, 6.07) is 2.58. The Morgan fingerprint density at radius 1 is 1.40 bits per heavy atom. The van der Waals surface area contributed by atoms with Crippen LogP contribution in [-0.2, 0) is 14.8 Å². The number of nitrogens with two attached hydrogens (primary N) is 1. The maximum atomic E-state index is 12.2. The molecule has 1 amide bonds. The van der Waals surface area contributed by atoms with Crippen molar-refractivity contribution in [2.75, 3.05) is 13.7 Å². The molecule has 3 N–H and O–H groups in total. The first-order valence-corrected chi connectivity index (χ1v) is 7.65. The molecular formula is C13H20N2O4S. The number of hydrogen-bond acceptors (Lipinski definition) is 4. The van der Waals surface area contributed by atoms with Crippen molar-refractivity contribution in [3.8, 4) is 0 Å². The normalized spacial score (nSPS) is 13.1. The zero-order chi connectivity index (χ0) is 15.5. The van der Waals surface area contributed by atoms with E-state index in [0.717, 1.165) is 5.56 Å². The molecule has 0 fully saturated rings. The van der Waals surface area contributed by atoms with E-state index in [4.69, 9.17) is 9.88 Å². The van der Waals surface area contributed by atoms with Crippen molar-refractivity contribution in [2.45, 2.75) is 31.7 Å². The Bertz CT molecular complexity index is 611. The predicted octanol–water partition coefficient (Wildman–Crippen LogP) is 0.716. The molecule has 0 spiro atoms. The fourth-order valence-electron chi connectivity index (χ4n) is 1.82. The van der Waals surface area contributed by atoms with Crippen LogP contribution >= 0.6 is 0 Å². The largest absolute Gasteiger partial charge is 0.383 e. The van der Waals surface area contributed by atoms with Crippen LogP contribution in [0.3, 0.4) is 0 Å². The predicted molar refractivity (Wildman–Crippen MR) is 76.1 cm³/mol. The minimum absolute atomic E-state index is 0.0647. The van der Waals surface area contributed by atoms with E-state index in [1.165, 1.54) is 12.1 Å². The molecule has 0 aliphatic heterocycles. The van der Waals surface area contributed by atoms with Gasteiger partial charge in [0.25, 0.3) is 5.91 Å². The Morgan fingerprint density at radius 2 is 2.00 bits per heavy atom. The third-order valence-electron chi connectivity index (χ3n) is 3.01. The molecule has 0 heterocycles. The zero-order valence-electron chi connectivity index (χ0n) is 12.1. The maximum absolute atomic E-state index is 12.2. The molecule has 6 nitrogen and oxygen atoms in total. The Labute approximate surface area is 119 Å². The molecular weight excluding hydrogens is 280 g/mol. The lowest BCUT2D eigenvalue weighted by atomic mass is 10.0. The summed E-state index contributed by atoms with van der Waals surface area (Å²) in [4.78, 5) is 12.1. The van der Waals surface area contributed by atoms with Crippen molar-refractivity contribution >= 4 is 15.9 Å². The molecule has 20 heavy (non-hydrogen) atoms. The lowest BCUT2D eigenvalue weighted by Gasteiger charge is -2.15. The number of aryl methyl sites for hydroxylation is 1. The molecule has 0 radical (unpaired) electrons. The molecule has 0 aliphatic carbocycles. The summed E-state index contributed by atoms with van der Waals surface area (Å²) in [7, 11) is -2.30. The molecule has 7 heteroatoms. The van der Waals surface area contributed by atoms with Crippen LogP contribution in [0.4, 0.5) is 0 Å². The number of benzene rings is 1. The van der Waals surface area contributed by atoms with E-state index in [1.807, 2.05) is 0 Å². The van der Waals surface area contributed by atoms with Crippen LogP contribution in [0.5, 0.6) is 0 Å². The van der Waals surface area contributed by atoms with Gasteiger partial charge in [-0.1, -0.05) is 0 Å². The maximum Gasteiger partial charge on any atom is 0.251 e. The highest BCUT2D eigenvalue weighted by molar-refractivity contribution is 7.89. The summed E-state index contributed by atoms with van der Waals surface area (Å²) in [5, 5.41) is 7.86. The van der Waals surface area contributed by atoms with Crippen LogP contribution in [0.25, 0.3) is 0 Å². The molecule has 1 rings (SSSR count). The molecule has 0 aliphatic rings. The second-order valence-corrected chi connectivity index (χ2v) is 6.35.